The van der Waals surface area contributed by atoms with E-state index in [0.717, 1.165) is 19.0 Å². The lowest BCUT2D eigenvalue weighted by Gasteiger charge is -2.18. The second-order valence-corrected chi connectivity index (χ2v) is 4.14. The van der Waals surface area contributed by atoms with Gasteiger partial charge in [0.1, 0.15) is 5.75 Å². The van der Waals surface area contributed by atoms with Gasteiger partial charge < -0.3 is 10.1 Å². The summed E-state index contributed by atoms with van der Waals surface area (Å²) in [7, 11) is 1.37. The predicted molar refractivity (Wildman–Crippen MR) is 58.2 cm³/mol. The number of rotatable bonds is 2. The molecular weight excluding hydrogens is 231 g/mol. The molecule has 1 aliphatic rings. The molecule has 2 rings (SSSR count). The first-order valence-corrected chi connectivity index (χ1v) is 5.48. The van der Waals surface area contributed by atoms with Gasteiger partial charge >= 0.3 is 6.18 Å². The summed E-state index contributed by atoms with van der Waals surface area (Å²) in [5.74, 6) is 0.185. The van der Waals surface area contributed by atoms with E-state index in [0.29, 0.717) is 12.1 Å². The van der Waals surface area contributed by atoms with Gasteiger partial charge in [0.2, 0.25) is 0 Å². The van der Waals surface area contributed by atoms with Crippen molar-refractivity contribution in [2.75, 3.05) is 20.2 Å². The number of methoxy groups -OCH3 is 1. The fourth-order valence-electron chi connectivity index (χ4n) is 2.18. The summed E-state index contributed by atoms with van der Waals surface area (Å²) in [6, 6.07) is 4.19. The van der Waals surface area contributed by atoms with Crippen LogP contribution in [0.25, 0.3) is 0 Å². The molecule has 0 saturated carbocycles. The van der Waals surface area contributed by atoms with Crippen LogP contribution >= 0.6 is 0 Å². The fraction of sp³-hybridized carbons (Fsp3) is 0.500. The topological polar surface area (TPSA) is 21.3 Å². The lowest BCUT2D eigenvalue weighted by Crippen LogP contribution is -2.14. The van der Waals surface area contributed by atoms with Gasteiger partial charge in [-0.25, -0.2) is 0 Å². The minimum absolute atomic E-state index is 0.0578. The van der Waals surface area contributed by atoms with E-state index in [1.807, 2.05) is 0 Å². The van der Waals surface area contributed by atoms with E-state index in [1.54, 1.807) is 6.07 Å². The lowest BCUT2D eigenvalue weighted by molar-refractivity contribution is -0.138. The number of ether oxygens (including phenoxy) is 1. The van der Waals surface area contributed by atoms with Crippen molar-refractivity contribution in [1.82, 2.24) is 5.32 Å². The molecule has 1 atom stereocenters. The quantitative estimate of drug-likeness (QED) is 0.865. The third-order valence-electron chi connectivity index (χ3n) is 3.07. The molecule has 0 aliphatic carbocycles. The molecule has 1 heterocycles. The molecule has 1 unspecified atom stereocenters. The van der Waals surface area contributed by atoms with E-state index in [4.69, 9.17) is 4.74 Å². The Bertz CT molecular complexity index is 397. The molecule has 2 nitrogen and oxygen atoms in total. The van der Waals surface area contributed by atoms with Crippen LogP contribution in [0, 0.1) is 0 Å². The lowest BCUT2D eigenvalue weighted by atomic mass is 9.93. The van der Waals surface area contributed by atoms with Crippen molar-refractivity contribution in [1.29, 1.82) is 0 Å². The van der Waals surface area contributed by atoms with Crippen LogP contribution in [0.15, 0.2) is 18.2 Å². The number of halogens is 3. The van der Waals surface area contributed by atoms with E-state index >= 15 is 0 Å². The van der Waals surface area contributed by atoms with Crippen LogP contribution in [0.3, 0.4) is 0 Å². The average molecular weight is 245 g/mol. The van der Waals surface area contributed by atoms with E-state index in [9.17, 15) is 13.2 Å². The SMILES string of the molecule is COc1ccc(C2CCNC2)c(C(F)(F)F)c1. The van der Waals surface area contributed by atoms with Gasteiger partial charge in [-0.2, -0.15) is 13.2 Å². The zero-order valence-electron chi connectivity index (χ0n) is 9.47. The maximum Gasteiger partial charge on any atom is 0.416 e. The Morgan fingerprint density at radius 2 is 2.12 bits per heavy atom. The van der Waals surface area contributed by atoms with Gasteiger partial charge in [0.15, 0.2) is 0 Å². The summed E-state index contributed by atoms with van der Waals surface area (Å²) in [4.78, 5) is 0. The van der Waals surface area contributed by atoms with Crippen molar-refractivity contribution in [3.05, 3.63) is 29.3 Å². The predicted octanol–water partition coefficient (Wildman–Crippen LogP) is 2.79. The van der Waals surface area contributed by atoms with Gasteiger partial charge in [0, 0.05) is 6.54 Å². The van der Waals surface area contributed by atoms with Crippen molar-refractivity contribution in [2.45, 2.75) is 18.5 Å². The summed E-state index contributed by atoms with van der Waals surface area (Å²) in [5, 5.41) is 3.08. The highest BCUT2D eigenvalue weighted by molar-refractivity contribution is 5.40. The largest absolute Gasteiger partial charge is 0.497 e. The Hall–Kier alpha value is -1.23. The standard InChI is InChI=1S/C12H14F3NO/c1-17-9-2-3-10(8-4-5-16-7-8)11(6-9)12(13,14)15/h2-3,6,8,16H,4-5,7H2,1H3. The Morgan fingerprint density at radius 1 is 1.35 bits per heavy atom. The number of hydrogen-bond acceptors (Lipinski definition) is 2. The summed E-state index contributed by atoms with van der Waals surface area (Å²) in [5.41, 5.74) is -0.214. The van der Waals surface area contributed by atoms with Crippen molar-refractivity contribution in [3.8, 4) is 5.75 Å². The van der Waals surface area contributed by atoms with Gasteiger partial charge in [-0.1, -0.05) is 6.07 Å². The highest BCUT2D eigenvalue weighted by atomic mass is 19.4. The number of hydrogen-bond donors (Lipinski definition) is 1. The highest BCUT2D eigenvalue weighted by Gasteiger charge is 2.36. The number of benzene rings is 1. The van der Waals surface area contributed by atoms with E-state index < -0.39 is 11.7 Å². The monoisotopic (exact) mass is 245 g/mol. The zero-order chi connectivity index (χ0) is 12.5. The van der Waals surface area contributed by atoms with E-state index in [-0.39, 0.29) is 11.7 Å². The third-order valence-corrected chi connectivity index (χ3v) is 3.07. The van der Waals surface area contributed by atoms with Gasteiger partial charge in [-0.05, 0) is 36.6 Å². The van der Waals surface area contributed by atoms with Crippen molar-refractivity contribution in [3.63, 3.8) is 0 Å². The molecule has 0 amide bonds. The van der Waals surface area contributed by atoms with Crippen LogP contribution in [0.2, 0.25) is 0 Å². The second-order valence-electron chi connectivity index (χ2n) is 4.14. The molecule has 1 aromatic carbocycles. The third kappa shape index (κ3) is 2.54. The Labute approximate surface area is 97.8 Å². The molecule has 1 aromatic rings. The van der Waals surface area contributed by atoms with E-state index in [1.165, 1.54) is 13.2 Å². The summed E-state index contributed by atoms with van der Waals surface area (Å²) in [6.45, 7) is 1.38. The Kier molecular flexibility index (Phi) is 3.28. The number of nitrogens with one attached hydrogen (secondary N) is 1. The molecule has 17 heavy (non-hydrogen) atoms. The maximum atomic E-state index is 12.9. The first-order valence-electron chi connectivity index (χ1n) is 5.48. The van der Waals surface area contributed by atoms with E-state index in [2.05, 4.69) is 5.32 Å². The number of alkyl halides is 3. The molecule has 0 aromatic heterocycles. The molecule has 0 radical (unpaired) electrons. The van der Waals surface area contributed by atoms with Crippen LogP contribution in [-0.2, 0) is 6.18 Å². The van der Waals surface area contributed by atoms with Crippen LogP contribution in [0.1, 0.15) is 23.5 Å². The van der Waals surface area contributed by atoms with Gasteiger partial charge in [0.05, 0.1) is 12.7 Å². The van der Waals surface area contributed by atoms with Crippen LogP contribution in [-0.4, -0.2) is 20.2 Å². The molecule has 1 aliphatic heterocycles. The Balaban J connectivity index is 2.42. The molecule has 1 saturated heterocycles. The summed E-state index contributed by atoms with van der Waals surface area (Å²) >= 11 is 0. The van der Waals surface area contributed by atoms with Gasteiger partial charge in [-0.3, -0.25) is 0 Å². The molecule has 0 spiro atoms. The molecular formula is C12H14F3NO. The summed E-state index contributed by atoms with van der Waals surface area (Å²) in [6.07, 6.45) is -3.58. The molecule has 1 N–H and O–H groups in total. The normalized spacial score (nSPS) is 20.6. The fourth-order valence-corrected chi connectivity index (χ4v) is 2.18. The first-order chi connectivity index (χ1) is 8.02. The highest BCUT2D eigenvalue weighted by Crippen LogP contribution is 2.38. The smallest absolute Gasteiger partial charge is 0.416 e. The minimum Gasteiger partial charge on any atom is -0.497 e. The Morgan fingerprint density at radius 3 is 2.65 bits per heavy atom. The molecule has 0 bridgehead atoms. The molecule has 5 heteroatoms. The zero-order valence-corrected chi connectivity index (χ0v) is 9.47. The van der Waals surface area contributed by atoms with Crippen molar-refractivity contribution >= 4 is 0 Å². The first kappa shape index (κ1) is 12.2. The minimum atomic E-state index is -4.33. The van der Waals surface area contributed by atoms with Crippen LogP contribution in [0.5, 0.6) is 5.75 Å². The van der Waals surface area contributed by atoms with Crippen LogP contribution < -0.4 is 10.1 Å². The second kappa shape index (κ2) is 4.56. The van der Waals surface area contributed by atoms with Crippen molar-refractivity contribution in [2.24, 2.45) is 0 Å². The molecule has 94 valence electrons. The molecule has 1 fully saturated rings. The maximum absolute atomic E-state index is 12.9. The average Bonchev–Trinajstić information content (AvgIpc) is 2.80. The van der Waals surface area contributed by atoms with Gasteiger partial charge in [-0.15, -0.1) is 0 Å². The van der Waals surface area contributed by atoms with Gasteiger partial charge in [0.25, 0.3) is 0 Å². The summed E-state index contributed by atoms with van der Waals surface area (Å²) < 4.78 is 43.7. The van der Waals surface area contributed by atoms with Crippen LogP contribution in [0.4, 0.5) is 13.2 Å². The van der Waals surface area contributed by atoms with Crippen molar-refractivity contribution < 1.29 is 17.9 Å².